The number of carbonyl (C=O) groups excluding carboxylic acids is 1. The van der Waals surface area contributed by atoms with Crippen molar-refractivity contribution in [2.45, 2.75) is 31.5 Å². The normalized spacial score (nSPS) is 19.1. The summed E-state index contributed by atoms with van der Waals surface area (Å²) < 4.78 is 41.3. The molecule has 9 heteroatoms. The SMILES string of the molecule is C[C@H](c1cnc(OCC(F)(F)F)cn1)N(C)C(=O)[C@H]1C[C@@H]1c1ccc2ccccc2n1. The molecule has 6 nitrogen and oxygen atoms in total. The molecule has 1 saturated carbocycles. The number of hydrogen-bond donors (Lipinski definition) is 0. The fraction of sp³-hybridized carbons (Fsp3) is 0.364. The predicted octanol–water partition coefficient (Wildman–Crippen LogP) is 4.29. The summed E-state index contributed by atoms with van der Waals surface area (Å²) in [5.41, 5.74) is 2.28. The van der Waals surface area contributed by atoms with Crippen molar-refractivity contribution in [1.29, 1.82) is 0 Å². The van der Waals surface area contributed by atoms with Crippen LogP contribution in [-0.2, 0) is 4.79 Å². The first-order chi connectivity index (χ1) is 14.7. The maximum atomic E-state index is 12.9. The predicted molar refractivity (Wildman–Crippen MR) is 107 cm³/mol. The third-order valence-electron chi connectivity index (χ3n) is 5.50. The van der Waals surface area contributed by atoms with Crippen LogP contribution >= 0.6 is 0 Å². The van der Waals surface area contributed by atoms with Crippen LogP contribution in [0.4, 0.5) is 13.2 Å². The summed E-state index contributed by atoms with van der Waals surface area (Å²) in [6.45, 7) is 0.366. The van der Waals surface area contributed by atoms with Crippen molar-refractivity contribution in [1.82, 2.24) is 19.9 Å². The van der Waals surface area contributed by atoms with Crippen LogP contribution in [0.5, 0.6) is 5.88 Å². The van der Waals surface area contributed by atoms with Crippen molar-refractivity contribution in [2.75, 3.05) is 13.7 Å². The molecule has 1 aliphatic rings. The molecule has 162 valence electrons. The second-order valence-electron chi connectivity index (χ2n) is 7.69. The fourth-order valence-corrected chi connectivity index (χ4v) is 3.51. The van der Waals surface area contributed by atoms with Crippen LogP contribution in [0, 0.1) is 5.92 Å². The molecule has 2 heterocycles. The zero-order chi connectivity index (χ0) is 22.2. The molecule has 31 heavy (non-hydrogen) atoms. The van der Waals surface area contributed by atoms with Crippen LogP contribution in [0.3, 0.4) is 0 Å². The number of amides is 1. The highest BCUT2D eigenvalue weighted by atomic mass is 19.4. The first-order valence-electron chi connectivity index (χ1n) is 9.87. The van der Waals surface area contributed by atoms with Gasteiger partial charge in [0.25, 0.3) is 0 Å². The third-order valence-corrected chi connectivity index (χ3v) is 5.50. The smallest absolute Gasteiger partial charge is 0.422 e. The van der Waals surface area contributed by atoms with Crippen LogP contribution in [0.25, 0.3) is 10.9 Å². The van der Waals surface area contributed by atoms with Gasteiger partial charge in [-0.15, -0.1) is 0 Å². The Kier molecular flexibility index (Phi) is 5.51. The van der Waals surface area contributed by atoms with Crippen molar-refractivity contribution in [2.24, 2.45) is 5.92 Å². The fourth-order valence-electron chi connectivity index (χ4n) is 3.51. The molecule has 1 fully saturated rings. The molecule has 0 spiro atoms. The number of para-hydroxylation sites is 1. The molecule has 0 bridgehead atoms. The van der Waals surface area contributed by atoms with E-state index in [1.165, 1.54) is 6.20 Å². The number of ether oxygens (including phenoxy) is 1. The van der Waals surface area contributed by atoms with Crippen LogP contribution in [0.1, 0.15) is 36.7 Å². The van der Waals surface area contributed by atoms with Crippen molar-refractivity contribution in [3.05, 3.63) is 60.2 Å². The molecule has 0 radical (unpaired) electrons. The van der Waals surface area contributed by atoms with Gasteiger partial charge in [0.15, 0.2) is 6.61 Å². The summed E-state index contributed by atoms with van der Waals surface area (Å²) in [4.78, 5) is 27.2. The lowest BCUT2D eigenvalue weighted by Gasteiger charge is -2.24. The topological polar surface area (TPSA) is 68.2 Å². The van der Waals surface area contributed by atoms with E-state index in [-0.39, 0.29) is 29.7 Å². The molecule has 0 saturated heterocycles. The Hall–Kier alpha value is -3.23. The second kappa shape index (κ2) is 8.13. The molecule has 1 amide bonds. The standard InChI is InChI=1S/C22H21F3N4O2/c1-13(19-10-27-20(11-26-19)31-12-22(23,24)25)29(2)21(30)16-9-15(16)18-8-7-14-5-3-4-6-17(14)28-18/h3-8,10-11,13,15-16H,9,12H2,1-2H3/t13-,15+,16+/m1/s1. The minimum absolute atomic E-state index is 0.0216. The van der Waals surface area contributed by atoms with Gasteiger partial charge in [-0.25, -0.2) is 4.98 Å². The Morgan fingerprint density at radius 2 is 1.97 bits per heavy atom. The molecule has 1 aliphatic carbocycles. The number of halogens is 3. The van der Waals surface area contributed by atoms with Crippen molar-refractivity contribution in [3.63, 3.8) is 0 Å². The Bertz CT molecular complexity index is 1090. The van der Waals surface area contributed by atoms with Gasteiger partial charge >= 0.3 is 6.18 Å². The number of carbonyl (C=O) groups is 1. The summed E-state index contributed by atoms with van der Waals surface area (Å²) in [6, 6.07) is 11.4. The van der Waals surface area contributed by atoms with E-state index in [2.05, 4.69) is 19.7 Å². The van der Waals surface area contributed by atoms with E-state index in [9.17, 15) is 18.0 Å². The number of pyridine rings is 1. The molecule has 0 aliphatic heterocycles. The summed E-state index contributed by atoms with van der Waals surface area (Å²) in [5.74, 6) is -0.307. The van der Waals surface area contributed by atoms with E-state index in [4.69, 9.17) is 0 Å². The van der Waals surface area contributed by atoms with Crippen LogP contribution < -0.4 is 4.74 Å². The maximum absolute atomic E-state index is 12.9. The Morgan fingerprint density at radius 1 is 1.19 bits per heavy atom. The molecular formula is C22H21F3N4O2. The van der Waals surface area contributed by atoms with Gasteiger partial charge in [0.1, 0.15) is 0 Å². The zero-order valence-electron chi connectivity index (χ0n) is 17.0. The number of aromatic nitrogens is 3. The lowest BCUT2D eigenvalue weighted by molar-refractivity contribution is -0.154. The monoisotopic (exact) mass is 430 g/mol. The molecule has 4 rings (SSSR count). The number of alkyl halides is 3. The van der Waals surface area contributed by atoms with E-state index in [1.54, 1.807) is 18.9 Å². The van der Waals surface area contributed by atoms with E-state index in [0.29, 0.717) is 5.69 Å². The first kappa shape index (κ1) is 21.0. The highest BCUT2D eigenvalue weighted by Gasteiger charge is 2.47. The Balaban J connectivity index is 1.38. The molecule has 1 aromatic carbocycles. The summed E-state index contributed by atoms with van der Waals surface area (Å²) >= 11 is 0. The van der Waals surface area contributed by atoms with E-state index in [0.717, 1.165) is 29.2 Å². The minimum Gasteiger partial charge on any atom is -0.467 e. The van der Waals surface area contributed by atoms with Gasteiger partial charge < -0.3 is 9.64 Å². The van der Waals surface area contributed by atoms with E-state index >= 15 is 0 Å². The number of fused-ring (bicyclic) bond motifs is 1. The minimum atomic E-state index is -4.44. The van der Waals surface area contributed by atoms with Crippen LogP contribution in [0.2, 0.25) is 0 Å². The van der Waals surface area contributed by atoms with Crippen LogP contribution in [-0.4, -0.2) is 45.6 Å². The molecule has 2 aromatic heterocycles. The summed E-state index contributed by atoms with van der Waals surface area (Å²) in [5, 5.41) is 1.06. The quantitative estimate of drug-likeness (QED) is 0.584. The van der Waals surface area contributed by atoms with Gasteiger partial charge in [0.05, 0.1) is 29.6 Å². The molecular weight excluding hydrogens is 409 g/mol. The van der Waals surface area contributed by atoms with Gasteiger partial charge in [-0.1, -0.05) is 24.3 Å². The third kappa shape index (κ3) is 4.76. The van der Waals surface area contributed by atoms with Crippen molar-refractivity contribution in [3.8, 4) is 5.88 Å². The molecule has 3 aromatic rings. The highest BCUT2D eigenvalue weighted by molar-refractivity contribution is 5.84. The van der Waals surface area contributed by atoms with Gasteiger partial charge in [0, 0.05) is 30.0 Å². The first-order valence-corrected chi connectivity index (χ1v) is 9.87. The summed E-state index contributed by atoms with van der Waals surface area (Å²) in [7, 11) is 1.69. The maximum Gasteiger partial charge on any atom is 0.422 e. The largest absolute Gasteiger partial charge is 0.467 e. The van der Waals surface area contributed by atoms with E-state index in [1.807, 2.05) is 36.4 Å². The summed E-state index contributed by atoms with van der Waals surface area (Å²) in [6.07, 6.45) is -1.25. The lowest BCUT2D eigenvalue weighted by Crippen LogP contribution is -2.31. The Morgan fingerprint density at radius 3 is 2.68 bits per heavy atom. The van der Waals surface area contributed by atoms with Crippen molar-refractivity contribution >= 4 is 16.8 Å². The second-order valence-corrected chi connectivity index (χ2v) is 7.69. The number of hydrogen-bond acceptors (Lipinski definition) is 5. The molecule has 0 N–H and O–H groups in total. The van der Waals surface area contributed by atoms with Gasteiger partial charge in [0.2, 0.25) is 11.8 Å². The molecule has 0 unspecified atom stereocenters. The van der Waals surface area contributed by atoms with Crippen LogP contribution in [0.15, 0.2) is 48.8 Å². The van der Waals surface area contributed by atoms with Gasteiger partial charge in [-0.2, -0.15) is 13.2 Å². The molecule has 3 atom stereocenters. The number of rotatable bonds is 6. The highest BCUT2D eigenvalue weighted by Crippen LogP contribution is 2.48. The number of benzene rings is 1. The van der Waals surface area contributed by atoms with Crippen molar-refractivity contribution < 1.29 is 22.7 Å². The lowest BCUT2D eigenvalue weighted by atomic mass is 10.1. The average Bonchev–Trinajstić information content (AvgIpc) is 3.56. The average molecular weight is 430 g/mol. The Labute approximate surface area is 177 Å². The number of nitrogens with zero attached hydrogens (tertiary/aromatic N) is 4. The van der Waals surface area contributed by atoms with E-state index < -0.39 is 12.8 Å². The van der Waals surface area contributed by atoms with Gasteiger partial charge in [-0.3, -0.25) is 14.8 Å². The van der Waals surface area contributed by atoms with Gasteiger partial charge in [-0.05, 0) is 25.5 Å². The zero-order valence-corrected chi connectivity index (χ0v) is 17.0.